The zero-order valence-electron chi connectivity index (χ0n) is 16.6. The second-order valence-electron chi connectivity index (χ2n) is 8.36. The maximum absolute atomic E-state index is 13.4. The summed E-state index contributed by atoms with van der Waals surface area (Å²) in [5, 5.41) is 19.1. The smallest absolute Gasteiger partial charge is 0.254 e. The van der Waals surface area contributed by atoms with Gasteiger partial charge in [-0.15, -0.1) is 0 Å². The summed E-state index contributed by atoms with van der Waals surface area (Å²) < 4.78 is 0. The lowest BCUT2D eigenvalue weighted by molar-refractivity contribution is -0.140. The third kappa shape index (κ3) is 3.20. The fourth-order valence-electron chi connectivity index (χ4n) is 4.92. The van der Waals surface area contributed by atoms with Gasteiger partial charge in [-0.2, -0.15) is 11.3 Å². The highest BCUT2D eigenvalue weighted by atomic mass is 32.1. The number of amides is 2. The molecular weight excluding hydrogens is 396 g/mol. The predicted molar refractivity (Wildman–Crippen MR) is 118 cm³/mol. The van der Waals surface area contributed by atoms with Gasteiger partial charge in [0.2, 0.25) is 5.91 Å². The number of piperidine rings is 2. The van der Waals surface area contributed by atoms with Crippen LogP contribution >= 0.6 is 11.3 Å². The molecule has 30 heavy (non-hydrogen) atoms. The van der Waals surface area contributed by atoms with Gasteiger partial charge in [0.15, 0.2) is 0 Å². The van der Waals surface area contributed by atoms with E-state index in [-0.39, 0.29) is 11.8 Å². The summed E-state index contributed by atoms with van der Waals surface area (Å²) in [5.41, 5.74) is 2.46. The van der Waals surface area contributed by atoms with E-state index in [2.05, 4.69) is 34.3 Å². The normalized spacial score (nSPS) is 21.0. The molecule has 5 nitrogen and oxygen atoms in total. The lowest BCUT2D eigenvalue weighted by Gasteiger charge is -2.44. The van der Waals surface area contributed by atoms with Gasteiger partial charge in [0.1, 0.15) is 0 Å². The number of aliphatic hydroxyl groups excluding tert-OH is 1. The van der Waals surface area contributed by atoms with Crippen molar-refractivity contribution in [3.8, 4) is 11.1 Å². The molecule has 2 fully saturated rings. The number of aliphatic hydroxyl groups is 1. The lowest BCUT2D eigenvalue weighted by atomic mass is 9.71. The summed E-state index contributed by atoms with van der Waals surface area (Å²) in [6.45, 7) is 1.38. The molecule has 0 radical (unpaired) electrons. The van der Waals surface area contributed by atoms with E-state index in [0.717, 1.165) is 21.9 Å². The number of thiophene rings is 1. The van der Waals surface area contributed by atoms with E-state index in [9.17, 15) is 14.7 Å². The first-order valence-corrected chi connectivity index (χ1v) is 11.3. The molecule has 0 saturated carbocycles. The first-order valence-electron chi connectivity index (χ1n) is 10.4. The van der Waals surface area contributed by atoms with Crippen molar-refractivity contribution in [1.82, 2.24) is 10.2 Å². The highest BCUT2D eigenvalue weighted by Gasteiger charge is 2.46. The van der Waals surface area contributed by atoms with Crippen LogP contribution in [0.3, 0.4) is 0 Å². The molecule has 2 aliphatic heterocycles. The number of nitrogens with one attached hydrogen (secondary N) is 1. The third-order valence-electron chi connectivity index (χ3n) is 6.60. The van der Waals surface area contributed by atoms with Crippen LogP contribution in [0.25, 0.3) is 21.9 Å². The third-order valence-corrected chi connectivity index (χ3v) is 7.28. The number of nitrogens with zero attached hydrogens (tertiary/aromatic N) is 1. The molecule has 3 heterocycles. The molecular formula is C24H24N2O3S. The molecule has 1 atom stereocenters. The van der Waals surface area contributed by atoms with E-state index in [0.29, 0.717) is 44.5 Å². The monoisotopic (exact) mass is 420 g/mol. The van der Waals surface area contributed by atoms with Gasteiger partial charge < -0.3 is 15.3 Å². The molecule has 2 aromatic carbocycles. The molecule has 0 bridgehead atoms. The van der Waals surface area contributed by atoms with Crippen molar-refractivity contribution in [1.29, 1.82) is 0 Å². The number of carbonyl (C=O) groups excluding carboxylic acids is 2. The summed E-state index contributed by atoms with van der Waals surface area (Å²) in [6, 6.07) is 14.1. The molecule has 1 unspecified atom stereocenters. The first-order chi connectivity index (χ1) is 14.6. The minimum atomic E-state index is -0.542. The Kier molecular flexibility index (Phi) is 4.83. The fourth-order valence-corrected chi connectivity index (χ4v) is 5.58. The number of β-amino-alcohol motifs (C(OH)–C–C–N with tert-alkyl or cyclic N) is 1. The first kappa shape index (κ1) is 19.3. The summed E-state index contributed by atoms with van der Waals surface area (Å²) in [6.07, 6.45) is 1.16. The van der Waals surface area contributed by atoms with Crippen LogP contribution < -0.4 is 5.32 Å². The zero-order valence-corrected chi connectivity index (χ0v) is 17.5. The minimum absolute atomic E-state index is 0.00897. The quantitative estimate of drug-likeness (QED) is 0.665. The largest absolute Gasteiger partial charge is 0.391 e. The molecule has 2 saturated heterocycles. The van der Waals surface area contributed by atoms with Gasteiger partial charge >= 0.3 is 0 Å². The minimum Gasteiger partial charge on any atom is -0.391 e. The highest BCUT2D eigenvalue weighted by molar-refractivity contribution is 7.08. The van der Waals surface area contributed by atoms with Crippen molar-refractivity contribution in [2.45, 2.75) is 25.4 Å². The molecule has 2 aliphatic rings. The Morgan fingerprint density at radius 3 is 2.63 bits per heavy atom. The molecule has 3 aromatic rings. The Labute approximate surface area is 179 Å². The standard InChI is InChI=1S/C24H24N2O3S/c27-17-13-24(23(29)25-14-17)8-10-26(11-9-24)22(28)21-6-2-4-19-18(3-1-5-20(19)21)16-7-12-30-15-16/h1-7,12,15,17,27H,8-11,13-14H2,(H,25,29). The summed E-state index contributed by atoms with van der Waals surface area (Å²) >= 11 is 1.66. The van der Waals surface area contributed by atoms with Gasteiger partial charge in [-0.25, -0.2) is 0 Å². The second-order valence-corrected chi connectivity index (χ2v) is 9.14. The summed E-state index contributed by atoms with van der Waals surface area (Å²) in [7, 11) is 0. The van der Waals surface area contributed by atoms with Crippen LogP contribution in [0.4, 0.5) is 0 Å². The van der Waals surface area contributed by atoms with E-state index in [1.165, 1.54) is 0 Å². The van der Waals surface area contributed by atoms with Gasteiger partial charge in [0.25, 0.3) is 5.91 Å². The van der Waals surface area contributed by atoms with Crippen molar-refractivity contribution in [2.24, 2.45) is 5.41 Å². The Bertz CT molecular complexity index is 1100. The second kappa shape index (κ2) is 7.52. The maximum atomic E-state index is 13.4. The van der Waals surface area contributed by atoms with Crippen LogP contribution in [-0.2, 0) is 4.79 Å². The molecule has 2 N–H and O–H groups in total. The molecule has 1 aromatic heterocycles. The molecule has 2 amide bonds. The van der Waals surface area contributed by atoms with Crippen molar-refractivity contribution in [3.05, 3.63) is 58.8 Å². The van der Waals surface area contributed by atoms with E-state index >= 15 is 0 Å². The number of rotatable bonds is 2. The van der Waals surface area contributed by atoms with E-state index in [1.54, 1.807) is 11.3 Å². The molecule has 1 spiro atoms. The van der Waals surface area contributed by atoms with Crippen molar-refractivity contribution < 1.29 is 14.7 Å². The van der Waals surface area contributed by atoms with Gasteiger partial charge in [-0.3, -0.25) is 9.59 Å². The average molecular weight is 421 g/mol. The molecule has 6 heteroatoms. The zero-order chi connectivity index (χ0) is 20.7. The van der Waals surface area contributed by atoms with Crippen LogP contribution in [0, 0.1) is 5.41 Å². The molecule has 154 valence electrons. The summed E-state index contributed by atoms with van der Waals surface area (Å²) in [5.74, 6) is 0.0279. The molecule has 5 rings (SSSR count). The van der Waals surface area contributed by atoms with Crippen molar-refractivity contribution in [2.75, 3.05) is 19.6 Å². The number of benzene rings is 2. The van der Waals surface area contributed by atoms with Gasteiger partial charge in [0, 0.05) is 25.2 Å². The maximum Gasteiger partial charge on any atom is 0.254 e. The molecule has 0 aliphatic carbocycles. The number of carbonyl (C=O) groups is 2. The number of likely N-dealkylation sites (tertiary alicyclic amines) is 1. The Balaban J connectivity index is 1.42. The average Bonchev–Trinajstić information content (AvgIpc) is 3.30. The lowest BCUT2D eigenvalue weighted by Crippen LogP contribution is -2.56. The number of hydrogen-bond acceptors (Lipinski definition) is 4. The van der Waals surface area contributed by atoms with Crippen LogP contribution in [0.15, 0.2) is 53.2 Å². The van der Waals surface area contributed by atoms with Gasteiger partial charge in [-0.1, -0.05) is 30.3 Å². The summed E-state index contributed by atoms with van der Waals surface area (Å²) in [4.78, 5) is 27.7. The van der Waals surface area contributed by atoms with E-state index < -0.39 is 11.5 Å². The van der Waals surface area contributed by atoms with Crippen molar-refractivity contribution in [3.63, 3.8) is 0 Å². The SMILES string of the molecule is O=C(c1cccc2c(-c3ccsc3)cccc12)N1CCC2(CC1)CC(O)CNC2=O. The Morgan fingerprint density at radius 2 is 1.87 bits per heavy atom. The van der Waals surface area contributed by atoms with Gasteiger partial charge in [0.05, 0.1) is 11.5 Å². The highest BCUT2D eigenvalue weighted by Crippen LogP contribution is 2.39. The topological polar surface area (TPSA) is 69.6 Å². The fraction of sp³-hybridized carbons (Fsp3) is 0.333. The van der Waals surface area contributed by atoms with E-state index in [4.69, 9.17) is 0 Å². The van der Waals surface area contributed by atoms with Crippen LogP contribution in [0.2, 0.25) is 0 Å². The number of fused-ring (bicyclic) bond motifs is 1. The predicted octanol–water partition coefficient (Wildman–Crippen LogP) is 3.67. The van der Waals surface area contributed by atoms with Gasteiger partial charge in [-0.05, 0) is 64.1 Å². The number of hydrogen-bond donors (Lipinski definition) is 2. The van der Waals surface area contributed by atoms with Crippen molar-refractivity contribution >= 4 is 33.9 Å². The van der Waals surface area contributed by atoms with Crippen LogP contribution in [-0.4, -0.2) is 47.6 Å². The Morgan fingerprint density at radius 1 is 1.10 bits per heavy atom. The Hall–Kier alpha value is -2.70. The van der Waals surface area contributed by atoms with E-state index in [1.807, 2.05) is 29.2 Å². The van der Waals surface area contributed by atoms with Crippen LogP contribution in [0.5, 0.6) is 0 Å². The van der Waals surface area contributed by atoms with Crippen LogP contribution in [0.1, 0.15) is 29.6 Å².